The second-order valence-electron chi connectivity index (χ2n) is 8.48. The van der Waals surface area contributed by atoms with Crippen molar-refractivity contribution in [3.63, 3.8) is 0 Å². The van der Waals surface area contributed by atoms with Gasteiger partial charge in [0.1, 0.15) is 6.04 Å². The maximum atomic E-state index is 12.9. The number of carbonyl (C=O) groups excluding carboxylic acids is 3. The fourth-order valence-corrected chi connectivity index (χ4v) is 4.27. The topological polar surface area (TPSA) is 99.6 Å². The second kappa shape index (κ2) is 9.84. The first-order chi connectivity index (χ1) is 15.5. The van der Waals surface area contributed by atoms with Crippen molar-refractivity contribution in [2.45, 2.75) is 38.6 Å². The fourth-order valence-electron chi connectivity index (χ4n) is 4.27. The smallest absolute Gasteiger partial charge is 0.320 e. The molecule has 1 aromatic carbocycles. The summed E-state index contributed by atoms with van der Waals surface area (Å²) in [6.07, 6.45) is 7.05. The summed E-state index contributed by atoms with van der Waals surface area (Å²) in [6, 6.07) is 8.46. The van der Waals surface area contributed by atoms with Crippen LogP contribution in [-0.4, -0.2) is 63.6 Å². The van der Waals surface area contributed by atoms with Gasteiger partial charge in [-0.15, -0.1) is 0 Å². The molecule has 0 aliphatic carbocycles. The third kappa shape index (κ3) is 5.09. The number of carbonyl (C=O) groups is 3. The number of rotatable bonds is 5. The lowest BCUT2D eigenvalue weighted by atomic mass is 9.97. The molecule has 2 saturated heterocycles. The van der Waals surface area contributed by atoms with Gasteiger partial charge in [0.15, 0.2) is 0 Å². The minimum Gasteiger partial charge on any atom is -0.326 e. The predicted molar refractivity (Wildman–Crippen MR) is 121 cm³/mol. The van der Waals surface area contributed by atoms with Crippen LogP contribution in [-0.2, 0) is 9.59 Å². The molecule has 2 N–H and O–H groups in total. The van der Waals surface area contributed by atoms with Crippen molar-refractivity contribution in [1.29, 1.82) is 0 Å². The van der Waals surface area contributed by atoms with E-state index in [0.717, 1.165) is 38.8 Å². The van der Waals surface area contributed by atoms with Gasteiger partial charge in [0.2, 0.25) is 11.8 Å². The number of hydrogen-bond donors (Lipinski definition) is 2. The van der Waals surface area contributed by atoms with E-state index in [1.54, 1.807) is 54.3 Å². The number of piperidine rings is 1. The Morgan fingerprint density at radius 1 is 1.00 bits per heavy atom. The van der Waals surface area contributed by atoms with Gasteiger partial charge in [-0.25, -0.2) is 4.79 Å². The van der Waals surface area contributed by atoms with Crippen LogP contribution in [0.3, 0.4) is 0 Å². The molecular formula is C23H30N6O3. The van der Waals surface area contributed by atoms with Crippen LogP contribution in [0.2, 0.25) is 0 Å². The zero-order chi connectivity index (χ0) is 22.5. The molecule has 2 aliphatic rings. The van der Waals surface area contributed by atoms with Crippen LogP contribution >= 0.6 is 0 Å². The molecular weight excluding hydrogens is 408 g/mol. The molecule has 3 heterocycles. The zero-order valence-electron chi connectivity index (χ0n) is 18.4. The van der Waals surface area contributed by atoms with Crippen molar-refractivity contribution in [1.82, 2.24) is 19.6 Å². The minimum atomic E-state index is -0.454. The number of urea groups is 1. The Hall–Kier alpha value is -3.36. The number of amides is 4. The maximum Gasteiger partial charge on any atom is 0.320 e. The summed E-state index contributed by atoms with van der Waals surface area (Å²) in [4.78, 5) is 41.8. The first-order valence-corrected chi connectivity index (χ1v) is 11.3. The molecule has 2 atom stereocenters. The van der Waals surface area contributed by atoms with E-state index in [2.05, 4.69) is 15.7 Å². The molecule has 2 aliphatic heterocycles. The van der Waals surface area contributed by atoms with E-state index in [0.29, 0.717) is 24.5 Å². The Labute approximate surface area is 187 Å². The first kappa shape index (κ1) is 21.9. The molecule has 0 unspecified atom stereocenters. The van der Waals surface area contributed by atoms with Gasteiger partial charge in [-0.3, -0.25) is 14.3 Å². The van der Waals surface area contributed by atoms with Gasteiger partial charge in [-0.2, -0.15) is 5.10 Å². The molecule has 4 amide bonds. The van der Waals surface area contributed by atoms with E-state index in [9.17, 15) is 14.4 Å². The summed E-state index contributed by atoms with van der Waals surface area (Å²) < 4.78 is 1.58. The van der Waals surface area contributed by atoms with Crippen molar-refractivity contribution < 1.29 is 14.4 Å². The Morgan fingerprint density at radius 3 is 2.44 bits per heavy atom. The standard InChI is InChI=1S/C23H30N6O3/c1-17(29-14-6-10-24-29)21(30)25-19-8-4-9-20(15-19)26-22(31)18-7-5-13-28(16-18)23(32)27-11-2-3-12-27/h4,6,8-10,14-15,17-18H,2-3,5,7,11-13,16H2,1H3,(H,25,30)(H,26,31)/t17-,18-/m0/s1. The van der Waals surface area contributed by atoms with E-state index < -0.39 is 6.04 Å². The molecule has 0 saturated carbocycles. The molecule has 2 fully saturated rings. The first-order valence-electron chi connectivity index (χ1n) is 11.3. The van der Waals surface area contributed by atoms with Crippen LogP contribution in [0.5, 0.6) is 0 Å². The van der Waals surface area contributed by atoms with Crippen molar-refractivity contribution in [2.24, 2.45) is 5.92 Å². The number of benzene rings is 1. The average Bonchev–Trinajstić information content (AvgIpc) is 3.53. The maximum absolute atomic E-state index is 12.9. The molecule has 0 spiro atoms. The molecule has 9 nitrogen and oxygen atoms in total. The van der Waals surface area contributed by atoms with Crippen LogP contribution in [0.25, 0.3) is 0 Å². The molecule has 170 valence electrons. The number of aromatic nitrogens is 2. The summed E-state index contributed by atoms with van der Waals surface area (Å²) >= 11 is 0. The van der Waals surface area contributed by atoms with E-state index >= 15 is 0 Å². The SMILES string of the molecule is C[C@@H](C(=O)Nc1cccc(NC(=O)[C@H]2CCCN(C(=O)N3CCCC3)C2)c1)n1cccn1. The molecule has 0 bridgehead atoms. The largest absolute Gasteiger partial charge is 0.326 e. The number of nitrogens with zero attached hydrogens (tertiary/aromatic N) is 4. The van der Waals surface area contributed by atoms with E-state index in [1.807, 2.05) is 9.80 Å². The molecule has 9 heteroatoms. The summed E-state index contributed by atoms with van der Waals surface area (Å²) in [5, 5.41) is 9.92. The number of anilines is 2. The summed E-state index contributed by atoms with van der Waals surface area (Å²) in [7, 11) is 0. The summed E-state index contributed by atoms with van der Waals surface area (Å²) in [5.74, 6) is -0.536. The zero-order valence-corrected chi connectivity index (χ0v) is 18.4. The van der Waals surface area contributed by atoms with Crippen molar-refractivity contribution in [2.75, 3.05) is 36.8 Å². The van der Waals surface area contributed by atoms with E-state index in [4.69, 9.17) is 0 Å². The average molecular weight is 439 g/mol. The Balaban J connectivity index is 1.34. The van der Waals surface area contributed by atoms with E-state index in [-0.39, 0.29) is 23.8 Å². The highest BCUT2D eigenvalue weighted by Crippen LogP contribution is 2.23. The highest BCUT2D eigenvalue weighted by molar-refractivity contribution is 5.96. The molecule has 1 aromatic heterocycles. The normalized spacial score (nSPS) is 19.5. The highest BCUT2D eigenvalue weighted by Gasteiger charge is 2.31. The second-order valence-corrected chi connectivity index (χ2v) is 8.48. The van der Waals surface area contributed by atoms with Gasteiger partial charge < -0.3 is 20.4 Å². The lowest BCUT2D eigenvalue weighted by molar-refractivity contribution is -0.121. The van der Waals surface area contributed by atoms with Gasteiger partial charge in [0.25, 0.3) is 0 Å². The summed E-state index contributed by atoms with van der Waals surface area (Å²) in [6.45, 7) is 4.54. The molecule has 4 rings (SSSR count). The molecule has 0 radical (unpaired) electrons. The van der Waals surface area contributed by atoms with Gasteiger partial charge in [-0.1, -0.05) is 6.07 Å². The van der Waals surface area contributed by atoms with Gasteiger partial charge >= 0.3 is 6.03 Å². The Kier molecular flexibility index (Phi) is 6.72. The highest BCUT2D eigenvalue weighted by atomic mass is 16.2. The van der Waals surface area contributed by atoms with E-state index in [1.165, 1.54) is 0 Å². The predicted octanol–water partition coefficient (Wildman–Crippen LogP) is 2.95. The quantitative estimate of drug-likeness (QED) is 0.750. The molecule has 2 aromatic rings. The van der Waals surface area contributed by atoms with Crippen molar-refractivity contribution in [3.05, 3.63) is 42.7 Å². The lowest BCUT2D eigenvalue weighted by Crippen LogP contribution is -2.48. The third-order valence-electron chi connectivity index (χ3n) is 6.14. The van der Waals surface area contributed by atoms with Crippen LogP contribution in [0.1, 0.15) is 38.6 Å². The van der Waals surface area contributed by atoms with Gasteiger partial charge in [0.05, 0.1) is 5.92 Å². The minimum absolute atomic E-state index is 0.0519. The van der Waals surface area contributed by atoms with Crippen LogP contribution in [0.4, 0.5) is 16.2 Å². The summed E-state index contributed by atoms with van der Waals surface area (Å²) in [5.41, 5.74) is 1.21. The van der Waals surface area contributed by atoms with Crippen LogP contribution in [0.15, 0.2) is 42.7 Å². The van der Waals surface area contributed by atoms with Crippen molar-refractivity contribution in [3.8, 4) is 0 Å². The Morgan fingerprint density at radius 2 is 1.72 bits per heavy atom. The third-order valence-corrected chi connectivity index (χ3v) is 6.14. The van der Waals surface area contributed by atoms with Gasteiger partial charge in [0, 0.05) is 49.9 Å². The number of hydrogen-bond acceptors (Lipinski definition) is 4. The molecule has 32 heavy (non-hydrogen) atoms. The number of likely N-dealkylation sites (tertiary alicyclic amines) is 2. The monoisotopic (exact) mass is 438 g/mol. The fraction of sp³-hybridized carbons (Fsp3) is 0.478. The van der Waals surface area contributed by atoms with Crippen LogP contribution in [0, 0.1) is 5.92 Å². The lowest BCUT2D eigenvalue weighted by Gasteiger charge is -2.34. The Bertz CT molecular complexity index is 954. The van der Waals surface area contributed by atoms with Crippen LogP contribution < -0.4 is 10.6 Å². The number of nitrogens with one attached hydrogen (secondary N) is 2. The van der Waals surface area contributed by atoms with Crippen molar-refractivity contribution >= 4 is 29.2 Å². The van der Waals surface area contributed by atoms with Gasteiger partial charge in [-0.05, 0) is 56.9 Å².